The van der Waals surface area contributed by atoms with Gasteiger partial charge in [0.05, 0.1) is 6.20 Å². The summed E-state index contributed by atoms with van der Waals surface area (Å²) in [5.74, 6) is -3.43. The maximum atomic E-state index is 13.1. The number of rotatable bonds is 10. The molecule has 0 spiro atoms. The van der Waals surface area contributed by atoms with Crippen molar-refractivity contribution >= 4 is 69.0 Å². The number of amides is 3. The summed E-state index contributed by atoms with van der Waals surface area (Å²) in [6.45, 7) is -1.30. The highest BCUT2D eigenvalue weighted by Crippen LogP contribution is 2.40. The van der Waals surface area contributed by atoms with Crippen molar-refractivity contribution in [3.05, 3.63) is 41.8 Å². The van der Waals surface area contributed by atoms with E-state index in [0.717, 1.165) is 16.4 Å². The number of aromatic nitrogens is 5. The molecule has 2 aliphatic heterocycles. The summed E-state index contributed by atoms with van der Waals surface area (Å²) in [6.07, 6.45) is 3.16. The highest BCUT2D eigenvalue weighted by atomic mass is 32.2. The van der Waals surface area contributed by atoms with Gasteiger partial charge >= 0.3 is 11.6 Å². The van der Waals surface area contributed by atoms with E-state index in [2.05, 4.69) is 29.7 Å². The Hall–Kier alpha value is -4.65. The maximum absolute atomic E-state index is 13.1. The number of carbonyl (C=O) groups excluding carboxylic acids is 3. The lowest BCUT2D eigenvalue weighted by molar-refractivity contribution is -0.664. The molecule has 5 rings (SSSR count). The fourth-order valence-electron chi connectivity index (χ4n) is 4.33. The predicted molar refractivity (Wildman–Crippen MR) is 137 cm³/mol. The van der Waals surface area contributed by atoms with Crippen molar-refractivity contribution in [2.24, 2.45) is 10.9 Å². The Morgan fingerprint density at radius 2 is 2.17 bits per heavy atom. The van der Waals surface area contributed by atoms with Crippen molar-refractivity contribution in [2.75, 3.05) is 18.3 Å². The average molecular weight is 592 g/mol. The molecule has 3 aromatic heterocycles. The Balaban J connectivity index is 1.38. The zero-order valence-electron chi connectivity index (χ0n) is 20.3. The van der Waals surface area contributed by atoms with Gasteiger partial charge in [-0.3, -0.25) is 23.9 Å². The molecule has 1 saturated heterocycles. The molecule has 40 heavy (non-hydrogen) atoms. The van der Waals surface area contributed by atoms with E-state index in [-0.39, 0.29) is 35.5 Å². The number of halogens is 1. The van der Waals surface area contributed by atoms with Crippen LogP contribution in [0, 0.1) is 0 Å². The number of carboxylic acid groups (broad SMARTS) is 1. The number of hydrogen-bond acceptors (Lipinski definition) is 12. The minimum absolute atomic E-state index is 0.0291. The molecule has 0 radical (unpaired) electrons. The van der Waals surface area contributed by atoms with Crippen LogP contribution in [0.15, 0.2) is 41.1 Å². The summed E-state index contributed by atoms with van der Waals surface area (Å²) in [7, 11) is 0. The predicted octanol–water partition coefficient (Wildman–Crippen LogP) is -1.67. The van der Waals surface area contributed by atoms with Crippen LogP contribution >= 0.6 is 23.3 Å². The molecule has 3 aromatic rings. The van der Waals surface area contributed by atoms with Gasteiger partial charge in [-0.15, -0.1) is 11.8 Å². The van der Waals surface area contributed by atoms with Crippen LogP contribution in [-0.2, 0) is 37.1 Å². The Labute approximate surface area is 231 Å². The van der Waals surface area contributed by atoms with Gasteiger partial charge in [0.25, 0.3) is 18.7 Å². The number of nitrogens with one attached hydrogen (secondary N) is 1. The van der Waals surface area contributed by atoms with E-state index < -0.39 is 47.7 Å². The number of hydrogen-bond donors (Lipinski definition) is 4. The van der Waals surface area contributed by atoms with Crippen LogP contribution < -0.4 is 21.4 Å². The van der Waals surface area contributed by atoms with E-state index in [1.807, 2.05) is 0 Å². The van der Waals surface area contributed by atoms with Gasteiger partial charge in [0, 0.05) is 22.9 Å². The molecular weight excluding hydrogens is 571 g/mol. The number of β-lactam (4-membered cyclic amide) rings is 1. The second-order valence-electron chi connectivity index (χ2n) is 8.44. The summed E-state index contributed by atoms with van der Waals surface area (Å²) < 4.78 is 19.7. The first kappa shape index (κ1) is 26.9. The normalized spacial score (nSPS) is 18.9. The van der Waals surface area contributed by atoms with E-state index in [4.69, 9.17) is 11.5 Å². The summed E-state index contributed by atoms with van der Waals surface area (Å²) in [4.78, 5) is 63.3. The van der Waals surface area contributed by atoms with Crippen LogP contribution in [0.1, 0.15) is 5.82 Å². The highest BCUT2D eigenvalue weighted by molar-refractivity contribution is 8.00. The number of nitrogens with two attached hydrogens (primary N) is 2. The van der Waals surface area contributed by atoms with Gasteiger partial charge in [0.15, 0.2) is 5.13 Å². The van der Waals surface area contributed by atoms with Gasteiger partial charge in [-0.25, -0.2) is 13.8 Å². The summed E-state index contributed by atoms with van der Waals surface area (Å²) in [6, 6.07) is 2.37. The number of carboxylic acids is 1. The molecule has 2 atom stereocenters. The molecule has 0 aromatic carbocycles. The molecule has 19 heteroatoms. The number of thioether (sulfide) groups is 1. The molecule has 16 nitrogen and oxygen atoms in total. The first-order valence-corrected chi connectivity index (χ1v) is 13.2. The molecule has 0 saturated carbocycles. The Morgan fingerprint density at radius 1 is 1.38 bits per heavy atom. The number of aliphatic carboxylic acids is 1. The standard InChI is InChI=1S/C21H19FN10O6S2/c22-7-38-28-12(15-27-21(24)40-29-15)17(34)26-13-18(35)32-14(20(36)37)9(6-39-19(13)32)4-30-3-1-2-10-16(30)25-8-31(10)5-11(23)33/h1-3,8,13,19H,4-7H2,(H5-,23,24,26,27,29,33,34,36,37)/p+1/b28-12-. The monoisotopic (exact) mass is 591 g/mol. The zero-order chi connectivity index (χ0) is 28.6. The molecule has 2 unspecified atom stereocenters. The minimum atomic E-state index is -1.32. The third-order valence-corrected chi connectivity index (χ3v) is 7.83. The van der Waals surface area contributed by atoms with Gasteiger partial charge < -0.3 is 26.7 Å². The quantitative estimate of drug-likeness (QED) is 0.0902. The number of nitrogen functional groups attached to an aromatic ring is 1. The molecule has 208 valence electrons. The molecule has 1 fully saturated rings. The molecule has 6 N–H and O–H groups in total. The summed E-state index contributed by atoms with van der Waals surface area (Å²) in [5, 5.41) is 15.2. The van der Waals surface area contributed by atoms with Crippen LogP contribution in [0.2, 0.25) is 0 Å². The van der Waals surface area contributed by atoms with Crippen molar-refractivity contribution in [1.29, 1.82) is 0 Å². The number of primary amides is 1. The van der Waals surface area contributed by atoms with Crippen LogP contribution in [0.25, 0.3) is 11.2 Å². The minimum Gasteiger partial charge on any atom is -0.477 e. The topological polar surface area (TPSA) is 225 Å². The molecule has 0 aliphatic carbocycles. The van der Waals surface area contributed by atoms with E-state index in [9.17, 15) is 28.7 Å². The molecule has 5 heterocycles. The zero-order valence-corrected chi connectivity index (χ0v) is 21.9. The van der Waals surface area contributed by atoms with Crippen molar-refractivity contribution < 1.29 is 38.1 Å². The van der Waals surface area contributed by atoms with Crippen molar-refractivity contribution in [3.8, 4) is 0 Å². The van der Waals surface area contributed by atoms with Crippen molar-refractivity contribution in [2.45, 2.75) is 24.5 Å². The third-order valence-electron chi connectivity index (χ3n) is 5.95. The first-order chi connectivity index (χ1) is 19.2. The van der Waals surface area contributed by atoms with E-state index in [1.165, 1.54) is 18.1 Å². The lowest BCUT2D eigenvalue weighted by Crippen LogP contribution is -2.71. The lowest BCUT2D eigenvalue weighted by atomic mass is 10.0. The summed E-state index contributed by atoms with van der Waals surface area (Å²) >= 11 is 2.03. The number of nitrogens with zero attached hydrogens (tertiary/aromatic N) is 7. The fourth-order valence-corrected chi connectivity index (χ4v) is 6.10. The lowest BCUT2D eigenvalue weighted by Gasteiger charge is -2.49. The smallest absolute Gasteiger partial charge is 0.352 e. The Kier molecular flexibility index (Phi) is 7.30. The van der Waals surface area contributed by atoms with Gasteiger partial charge in [0.1, 0.15) is 35.7 Å². The number of anilines is 1. The van der Waals surface area contributed by atoms with Crippen molar-refractivity contribution in [1.82, 2.24) is 29.1 Å². The van der Waals surface area contributed by atoms with E-state index >= 15 is 0 Å². The average Bonchev–Trinajstić information content (AvgIpc) is 3.53. The SMILES string of the molecule is NC(=O)Cn1cnc2c1ccc[n+]2CC1=C(C(=O)O)N2C(=O)C(NC(=O)/C(=N\OCF)c3nsc(N)n3)C2SC1. The summed E-state index contributed by atoms with van der Waals surface area (Å²) in [5.41, 5.74) is 11.7. The number of carbonyl (C=O) groups is 4. The third kappa shape index (κ3) is 4.91. The van der Waals surface area contributed by atoms with E-state index in [1.54, 1.807) is 27.5 Å². The van der Waals surface area contributed by atoms with E-state index in [0.29, 0.717) is 16.7 Å². The van der Waals surface area contributed by atoms with Gasteiger partial charge in [0.2, 0.25) is 23.8 Å². The molecule has 3 amide bonds. The largest absolute Gasteiger partial charge is 0.477 e. The molecule has 0 bridgehead atoms. The number of fused-ring (bicyclic) bond motifs is 2. The van der Waals surface area contributed by atoms with Crippen LogP contribution in [0.5, 0.6) is 0 Å². The highest BCUT2D eigenvalue weighted by Gasteiger charge is 2.54. The second kappa shape index (κ2) is 10.8. The van der Waals surface area contributed by atoms with Gasteiger partial charge in [-0.2, -0.15) is 9.36 Å². The number of pyridine rings is 1. The van der Waals surface area contributed by atoms with Gasteiger partial charge in [-0.1, -0.05) is 5.16 Å². The second-order valence-corrected chi connectivity index (χ2v) is 10.3. The molecular formula is C21H20FN10O6S2+. The number of oxime groups is 1. The Bertz CT molecular complexity index is 1600. The van der Waals surface area contributed by atoms with Gasteiger partial charge in [-0.05, 0) is 17.1 Å². The fraction of sp³-hybridized carbons (Fsp3) is 0.286. The number of alkyl halides is 1. The van der Waals surface area contributed by atoms with Crippen LogP contribution in [0.3, 0.4) is 0 Å². The van der Waals surface area contributed by atoms with Crippen molar-refractivity contribution in [3.63, 3.8) is 0 Å². The first-order valence-electron chi connectivity index (χ1n) is 11.4. The Morgan fingerprint density at radius 3 is 2.85 bits per heavy atom. The molecule has 2 aliphatic rings. The van der Waals surface area contributed by atoms with Crippen LogP contribution in [0.4, 0.5) is 9.52 Å². The van der Waals surface area contributed by atoms with Crippen LogP contribution in [-0.4, -0.2) is 82.3 Å². The maximum Gasteiger partial charge on any atom is 0.352 e. The number of imidazole rings is 1.